The summed E-state index contributed by atoms with van der Waals surface area (Å²) in [5.41, 5.74) is 0. The Hall–Kier alpha value is -0.330. The Morgan fingerprint density at radius 1 is 1.38 bits per heavy atom. The largest absolute Gasteiger partial charge is 0.491 e. The van der Waals surface area contributed by atoms with Gasteiger partial charge >= 0.3 is 0 Å². The fourth-order valence-corrected chi connectivity index (χ4v) is 1.92. The van der Waals surface area contributed by atoms with Crippen LogP contribution in [-0.2, 0) is 9.47 Å². The molecule has 0 N–H and O–H groups in total. The predicted octanol–water partition coefficient (Wildman–Crippen LogP) is 2.82. The van der Waals surface area contributed by atoms with Crippen molar-refractivity contribution >= 4 is 22.6 Å². The molecule has 1 heterocycles. The van der Waals surface area contributed by atoms with Crippen LogP contribution in [0.1, 0.15) is 13.8 Å². The molecule has 3 nitrogen and oxygen atoms in total. The highest BCUT2D eigenvalue weighted by Gasteiger charge is 2.32. The molecule has 16 heavy (non-hydrogen) atoms. The number of rotatable bonds is 3. The maximum Gasteiger partial charge on any atom is 0.163 e. The zero-order valence-corrected chi connectivity index (χ0v) is 11.6. The summed E-state index contributed by atoms with van der Waals surface area (Å²) < 4.78 is 17.9. The van der Waals surface area contributed by atoms with Crippen molar-refractivity contribution in [3.8, 4) is 5.75 Å². The number of hydrogen-bond donors (Lipinski definition) is 0. The summed E-state index contributed by atoms with van der Waals surface area (Å²) in [7, 11) is 0. The van der Waals surface area contributed by atoms with E-state index in [-0.39, 0.29) is 6.10 Å². The average molecular weight is 334 g/mol. The third-order valence-corrected chi connectivity index (χ3v) is 3.04. The Labute approximate surface area is 109 Å². The van der Waals surface area contributed by atoms with Gasteiger partial charge in [0.1, 0.15) is 18.5 Å². The molecular formula is C12H15IO3. The van der Waals surface area contributed by atoms with E-state index in [0.29, 0.717) is 13.2 Å². The van der Waals surface area contributed by atoms with Crippen molar-refractivity contribution in [2.45, 2.75) is 25.7 Å². The topological polar surface area (TPSA) is 27.7 Å². The lowest BCUT2D eigenvalue weighted by Crippen LogP contribution is -2.25. The highest BCUT2D eigenvalue weighted by molar-refractivity contribution is 14.1. The molecule has 0 bridgehead atoms. The van der Waals surface area contributed by atoms with E-state index in [1.54, 1.807) is 0 Å². The highest BCUT2D eigenvalue weighted by atomic mass is 127. The van der Waals surface area contributed by atoms with Crippen LogP contribution in [0.3, 0.4) is 0 Å². The fourth-order valence-electron chi connectivity index (χ4n) is 1.57. The van der Waals surface area contributed by atoms with Crippen molar-refractivity contribution in [1.29, 1.82) is 0 Å². The van der Waals surface area contributed by atoms with E-state index in [1.807, 2.05) is 38.1 Å². The van der Waals surface area contributed by atoms with Crippen LogP contribution < -0.4 is 4.74 Å². The lowest BCUT2D eigenvalue weighted by atomic mass is 10.3. The van der Waals surface area contributed by atoms with Gasteiger partial charge in [-0.15, -0.1) is 0 Å². The molecule has 1 saturated heterocycles. The van der Waals surface area contributed by atoms with E-state index in [9.17, 15) is 0 Å². The maximum absolute atomic E-state index is 5.65. The maximum atomic E-state index is 5.65. The SMILES string of the molecule is CC1(C)OC[C@@H](COc2ccc(I)cc2)O1. The normalized spacial score (nSPS) is 23.3. The first-order valence-electron chi connectivity index (χ1n) is 5.25. The number of halogens is 1. The quantitative estimate of drug-likeness (QED) is 0.796. The summed E-state index contributed by atoms with van der Waals surface area (Å²) in [6.07, 6.45) is 0.0225. The van der Waals surface area contributed by atoms with Crippen molar-refractivity contribution in [3.63, 3.8) is 0 Å². The molecule has 0 aliphatic carbocycles. The summed E-state index contributed by atoms with van der Waals surface area (Å²) in [4.78, 5) is 0. The summed E-state index contributed by atoms with van der Waals surface area (Å²) in [5, 5.41) is 0. The van der Waals surface area contributed by atoms with Crippen molar-refractivity contribution in [2.24, 2.45) is 0 Å². The van der Waals surface area contributed by atoms with Crippen molar-refractivity contribution in [3.05, 3.63) is 27.8 Å². The van der Waals surface area contributed by atoms with Gasteiger partial charge in [-0.3, -0.25) is 0 Å². The summed E-state index contributed by atoms with van der Waals surface area (Å²) >= 11 is 2.27. The molecule has 88 valence electrons. The lowest BCUT2D eigenvalue weighted by molar-refractivity contribution is -0.141. The fraction of sp³-hybridized carbons (Fsp3) is 0.500. The third kappa shape index (κ3) is 3.33. The minimum Gasteiger partial charge on any atom is -0.491 e. The first-order chi connectivity index (χ1) is 7.55. The number of ether oxygens (including phenoxy) is 3. The molecular weight excluding hydrogens is 319 g/mol. The molecule has 1 aliphatic rings. The Bertz CT molecular complexity index is 348. The van der Waals surface area contributed by atoms with Crippen LogP contribution in [0, 0.1) is 3.57 Å². The predicted molar refractivity (Wildman–Crippen MR) is 69.6 cm³/mol. The molecule has 1 aliphatic heterocycles. The average Bonchev–Trinajstić information content (AvgIpc) is 2.58. The standard InChI is InChI=1S/C12H15IO3/c1-12(2)15-8-11(16-12)7-14-10-5-3-9(13)4-6-10/h3-6,11H,7-8H2,1-2H3/t11-/m1/s1. The van der Waals surface area contributed by atoms with Crippen LogP contribution in [0.4, 0.5) is 0 Å². The first-order valence-corrected chi connectivity index (χ1v) is 6.33. The van der Waals surface area contributed by atoms with Gasteiger partial charge in [-0.2, -0.15) is 0 Å². The van der Waals surface area contributed by atoms with Gasteiger partial charge < -0.3 is 14.2 Å². The van der Waals surface area contributed by atoms with E-state index in [4.69, 9.17) is 14.2 Å². The van der Waals surface area contributed by atoms with E-state index in [1.165, 1.54) is 3.57 Å². The first kappa shape index (κ1) is 12.1. The summed E-state index contributed by atoms with van der Waals surface area (Å²) in [5.74, 6) is 0.397. The molecule has 0 unspecified atom stereocenters. The molecule has 0 saturated carbocycles. The zero-order chi connectivity index (χ0) is 11.6. The van der Waals surface area contributed by atoms with E-state index in [2.05, 4.69) is 22.6 Å². The highest BCUT2D eigenvalue weighted by Crippen LogP contribution is 2.23. The molecule has 1 aromatic rings. The molecule has 0 amide bonds. The van der Waals surface area contributed by atoms with Gasteiger partial charge in [0.2, 0.25) is 0 Å². The lowest BCUT2D eigenvalue weighted by Gasteiger charge is -2.17. The molecule has 1 fully saturated rings. The summed E-state index contributed by atoms with van der Waals surface area (Å²) in [6, 6.07) is 7.96. The van der Waals surface area contributed by atoms with Gasteiger partial charge in [0.25, 0.3) is 0 Å². The second-order valence-corrected chi connectivity index (χ2v) is 5.46. The Balaban J connectivity index is 1.82. The second-order valence-electron chi connectivity index (χ2n) is 4.22. The van der Waals surface area contributed by atoms with Crippen LogP contribution in [-0.4, -0.2) is 25.1 Å². The smallest absolute Gasteiger partial charge is 0.163 e. The number of hydrogen-bond acceptors (Lipinski definition) is 3. The van der Waals surface area contributed by atoms with Gasteiger partial charge in [0, 0.05) is 3.57 Å². The van der Waals surface area contributed by atoms with Gasteiger partial charge in [-0.1, -0.05) is 0 Å². The Morgan fingerprint density at radius 3 is 2.62 bits per heavy atom. The molecule has 0 radical (unpaired) electrons. The Kier molecular flexibility index (Phi) is 3.71. The Morgan fingerprint density at radius 2 is 2.06 bits per heavy atom. The zero-order valence-electron chi connectivity index (χ0n) is 9.40. The number of benzene rings is 1. The molecule has 4 heteroatoms. The molecule has 1 aromatic carbocycles. The van der Waals surface area contributed by atoms with Crippen LogP contribution in [0.15, 0.2) is 24.3 Å². The second kappa shape index (κ2) is 4.89. The van der Waals surface area contributed by atoms with Crippen LogP contribution in [0.2, 0.25) is 0 Å². The van der Waals surface area contributed by atoms with Crippen molar-refractivity contribution in [2.75, 3.05) is 13.2 Å². The molecule has 0 spiro atoms. The van der Waals surface area contributed by atoms with Gasteiger partial charge in [-0.25, -0.2) is 0 Å². The molecule has 2 rings (SSSR count). The van der Waals surface area contributed by atoms with Gasteiger partial charge in [0.15, 0.2) is 5.79 Å². The van der Waals surface area contributed by atoms with Crippen molar-refractivity contribution < 1.29 is 14.2 Å². The molecule has 1 atom stereocenters. The van der Waals surface area contributed by atoms with E-state index < -0.39 is 5.79 Å². The minimum absolute atomic E-state index is 0.0225. The van der Waals surface area contributed by atoms with Crippen molar-refractivity contribution in [1.82, 2.24) is 0 Å². The summed E-state index contributed by atoms with van der Waals surface area (Å²) in [6.45, 7) is 4.96. The van der Waals surface area contributed by atoms with E-state index in [0.717, 1.165) is 5.75 Å². The van der Waals surface area contributed by atoms with E-state index >= 15 is 0 Å². The minimum atomic E-state index is -0.472. The third-order valence-electron chi connectivity index (χ3n) is 2.32. The van der Waals surface area contributed by atoms with Crippen LogP contribution in [0.5, 0.6) is 5.75 Å². The van der Waals surface area contributed by atoms with Crippen LogP contribution >= 0.6 is 22.6 Å². The monoisotopic (exact) mass is 334 g/mol. The van der Waals surface area contributed by atoms with Gasteiger partial charge in [0.05, 0.1) is 6.61 Å². The molecule has 0 aromatic heterocycles. The van der Waals surface area contributed by atoms with Crippen LogP contribution in [0.25, 0.3) is 0 Å². The van der Waals surface area contributed by atoms with Gasteiger partial charge in [-0.05, 0) is 60.7 Å².